The third-order valence-electron chi connectivity index (χ3n) is 4.71. The average Bonchev–Trinajstić information content (AvgIpc) is 2.69. The molecule has 0 amide bonds. The maximum absolute atomic E-state index is 6.16. The Bertz CT molecular complexity index is 592. The van der Waals surface area contributed by atoms with Crippen LogP contribution in [0, 0.1) is 0 Å². The molecule has 0 saturated carbocycles. The van der Waals surface area contributed by atoms with Crippen LogP contribution >= 0.6 is 0 Å². The molecule has 3 fully saturated rings. The summed E-state index contributed by atoms with van der Waals surface area (Å²) in [5.41, 5.74) is 2.27. The minimum absolute atomic E-state index is 0.206. The molecule has 6 atom stereocenters. The quantitative estimate of drug-likeness (QED) is 0.720. The molecular formula is C16H18O6. The molecular weight excluding hydrogens is 288 g/mol. The highest BCUT2D eigenvalue weighted by Gasteiger charge is 2.64. The molecule has 0 aliphatic carbocycles. The Morgan fingerprint density at radius 2 is 1.73 bits per heavy atom. The second-order valence-corrected chi connectivity index (χ2v) is 6.25. The first-order valence-corrected chi connectivity index (χ1v) is 7.67. The van der Waals surface area contributed by atoms with Crippen LogP contribution in [0.1, 0.15) is 18.1 Å². The van der Waals surface area contributed by atoms with E-state index in [0.29, 0.717) is 19.8 Å². The van der Waals surface area contributed by atoms with Gasteiger partial charge in [0.2, 0.25) is 0 Å². The first-order chi connectivity index (χ1) is 10.7. The van der Waals surface area contributed by atoms with Crippen molar-refractivity contribution < 1.29 is 28.4 Å². The maximum atomic E-state index is 6.16. The molecule has 0 spiro atoms. The van der Waals surface area contributed by atoms with Crippen LogP contribution in [-0.4, -0.2) is 43.3 Å². The van der Waals surface area contributed by atoms with E-state index in [1.807, 2.05) is 12.1 Å². The van der Waals surface area contributed by atoms with E-state index < -0.39 is 12.3 Å². The Hall–Kier alpha value is -1.02. The van der Waals surface area contributed by atoms with Crippen molar-refractivity contribution >= 4 is 0 Å². The third-order valence-corrected chi connectivity index (χ3v) is 4.71. The minimum Gasteiger partial charge on any atom is -0.374 e. The van der Waals surface area contributed by atoms with E-state index in [0.717, 1.165) is 11.1 Å². The SMILES string of the molecule is CC12OC3C4OCc5ccccc5COCC(O[C@@H]3O1)[C@H]4O2. The Morgan fingerprint density at radius 1 is 0.955 bits per heavy atom. The summed E-state index contributed by atoms with van der Waals surface area (Å²) in [7, 11) is 0. The molecule has 4 aliphatic heterocycles. The predicted octanol–water partition coefficient (Wildman–Crippen LogP) is 1.31. The summed E-state index contributed by atoms with van der Waals surface area (Å²) in [4.78, 5) is 0. The number of ether oxygens (including phenoxy) is 6. The molecule has 0 N–H and O–H groups in total. The molecule has 4 aliphatic rings. The van der Waals surface area contributed by atoms with Gasteiger partial charge in [0.1, 0.15) is 24.4 Å². The van der Waals surface area contributed by atoms with Crippen LogP contribution < -0.4 is 0 Å². The topological polar surface area (TPSA) is 55.4 Å². The molecule has 118 valence electrons. The zero-order chi connectivity index (χ0) is 14.7. The van der Waals surface area contributed by atoms with E-state index in [9.17, 15) is 0 Å². The van der Waals surface area contributed by atoms with Gasteiger partial charge in [0.15, 0.2) is 6.29 Å². The average molecular weight is 306 g/mol. The highest BCUT2D eigenvalue weighted by atomic mass is 17.0. The highest BCUT2D eigenvalue weighted by molar-refractivity contribution is 5.26. The molecule has 6 nitrogen and oxygen atoms in total. The van der Waals surface area contributed by atoms with Crippen LogP contribution in [0.3, 0.4) is 0 Å². The van der Waals surface area contributed by atoms with E-state index >= 15 is 0 Å². The van der Waals surface area contributed by atoms with Crippen molar-refractivity contribution in [2.45, 2.75) is 56.8 Å². The van der Waals surface area contributed by atoms with E-state index in [1.54, 1.807) is 6.92 Å². The van der Waals surface area contributed by atoms with Gasteiger partial charge in [-0.3, -0.25) is 4.74 Å². The van der Waals surface area contributed by atoms with Crippen molar-refractivity contribution in [3.8, 4) is 0 Å². The van der Waals surface area contributed by atoms with Gasteiger partial charge in [-0.15, -0.1) is 0 Å². The highest BCUT2D eigenvalue weighted by Crippen LogP contribution is 2.46. The van der Waals surface area contributed by atoms with Crippen LogP contribution in [0.15, 0.2) is 24.3 Å². The maximum Gasteiger partial charge on any atom is 0.283 e. The molecule has 5 rings (SSSR count). The Balaban J connectivity index is 1.49. The van der Waals surface area contributed by atoms with Gasteiger partial charge < -0.3 is 23.7 Å². The van der Waals surface area contributed by atoms with Gasteiger partial charge in [0, 0.05) is 6.92 Å². The summed E-state index contributed by atoms with van der Waals surface area (Å²) in [6.45, 7) is 3.26. The summed E-state index contributed by atoms with van der Waals surface area (Å²) in [6, 6.07) is 8.14. The normalized spacial score (nSPS) is 46.3. The van der Waals surface area contributed by atoms with Crippen LogP contribution in [0.25, 0.3) is 0 Å². The minimum atomic E-state index is -1.03. The van der Waals surface area contributed by atoms with Gasteiger partial charge in [-0.2, -0.15) is 0 Å². The van der Waals surface area contributed by atoms with Crippen LogP contribution in [-0.2, 0) is 41.6 Å². The zero-order valence-electron chi connectivity index (χ0n) is 12.3. The summed E-state index contributed by atoms with van der Waals surface area (Å²) >= 11 is 0. The Labute approximate surface area is 128 Å². The summed E-state index contributed by atoms with van der Waals surface area (Å²) in [5.74, 6) is -1.03. The first kappa shape index (κ1) is 13.4. The zero-order valence-corrected chi connectivity index (χ0v) is 12.3. The standard InChI is InChI=1S/C16H18O6/c1-16-20-12-11-8-17-6-9-4-2-3-5-10(9)7-18-13(12)14(21-16)15(19-11)22-16/h2-5,11-15H,6-8H2,1H3/t11?,12-,13?,14?,15-,16?/m1/s1. The van der Waals surface area contributed by atoms with Crippen molar-refractivity contribution in [3.05, 3.63) is 35.4 Å². The van der Waals surface area contributed by atoms with Gasteiger partial charge in [0.25, 0.3) is 5.97 Å². The van der Waals surface area contributed by atoms with Crippen molar-refractivity contribution in [3.63, 3.8) is 0 Å². The molecule has 0 aromatic heterocycles. The lowest BCUT2D eigenvalue weighted by Gasteiger charge is -2.45. The fourth-order valence-corrected chi connectivity index (χ4v) is 3.66. The summed E-state index contributed by atoms with van der Waals surface area (Å²) in [6.07, 6.45) is -1.38. The first-order valence-electron chi connectivity index (χ1n) is 7.67. The second-order valence-electron chi connectivity index (χ2n) is 6.25. The van der Waals surface area contributed by atoms with E-state index in [-0.39, 0.29) is 24.4 Å². The molecule has 4 unspecified atom stereocenters. The fraction of sp³-hybridized carbons (Fsp3) is 0.625. The van der Waals surface area contributed by atoms with Gasteiger partial charge in [-0.25, -0.2) is 0 Å². The van der Waals surface area contributed by atoms with Gasteiger partial charge >= 0.3 is 0 Å². The molecule has 22 heavy (non-hydrogen) atoms. The summed E-state index contributed by atoms with van der Waals surface area (Å²) in [5, 5.41) is 0. The van der Waals surface area contributed by atoms with Gasteiger partial charge in [-0.05, 0) is 11.1 Å². The van der Waals surface area contributed by atoms with Crippen LogP contribution in [0.5, 0.6) is 0 Å². The molecule has 6 heteroatoms. The largest absolute Gasteiger partial charge is 0.374 e. The van der Waals surface area contributed by atoms with Gasteiger partial charge in [0.05, 0.1) is 19.8 Å². The number of hydrogen-bond donors (Lipinski definition) is 0. The van der Waals surface area contributed by atoms with Crippen molar-refractivity contribution in [2.24, 2.45) is 0 Å². The fourth-order valence-electron chi connectivity index (χ4n) is 3.66. The molecule has 4 heterocycles. The summed E-state index contributed by atoms with van der Waals surface area (Å²) < 4.78 is 35.5. The van der Waals surface area contributed by atoms with Crippen LogP contribution in [0.2, 0.25) is 0 Å². The number of fused-ring (bicyclic) bond motifs is 2. The van der Waals surface area contributed by atoms with Gasteiger partial charge in [-0.1, -0.05) is 24.3 Å². The molecule has 0 radical (unpaired) electrons. The third kappa shape index (κ3) is 1.96. The monoisotopic (exact) mass is 306 g/mol. The number of benzene rings is 1. The Kier molecular flexibility index (Phi) is 2.89. The molecule has 3 saturated heterocycles. The second kappa shape index (κ2) is 4.74. The van der Waals surface area contributed by atoms with Crippen molar-refractivity contribution in [1.82, 2.24) is 0 Å². The number of rotatable bonds is 0. The smallest absolute Gasteiger partial charge is 0.283 e. The van der Waals surface area contributed by atoms with Crippen molar-refractivity contribution in [2.75, 3.05) is 6.61 Å². The van der Waals surface area contributed by atoms with E-state index in [2.05, 4.69) is 12.1 Å². The lowest BCUT2D eigenvalue weighted by atomic mass is 9.97. The lowest BCUT2D eigenvalue weighted by molar-refractivity contribution is -0.387. The van der Waals surface area contributed by atoms with E-state index in [4.69, 9.17) is 28.4 Å². The predicted molar refractivity (Wildman–Crippen MR) is 72.6 cm³/mol. The molecule has 1 aromatic rings. The van der Waals surface area contributed by atoms with Crippen molar-refractivity contribution in [1.29, 1.82) is 0 Å². The lowest BCUT2D eigenvalue weighted by Crippen LogP contribution is -2.62. The molecule has 5 bridgehead atoms. The van der Waals surface area contributed by atoms with Crippen LogP contribution in [0.4, 0.5) is 0 Å². The molecule has 1 aromatic carbocycles. The van der Waals surface area contributed by atoms with E-state index in [1.165, 1.54) is 0 Å². The Morgan fingerprint density at radius 3 is 2.59 bits per heavy atom. The number of hydrogen-bond acceptors (Lipinski definition) is 6.